The van der Waals surface area contributed by atoms with Crippen molar-refractivity contribution >= 4 is 0 Å². The van der Waals surface area contributed by atoms with E-state index in [1.54, 1.807) is 7.11 Å². The van der Waals surface area contributed by atoms with E-state index < -0.39 is 0 Å². The van der Waals surface area contributed by atoms with Crippen LogP contribution in [0.1, 0.15) is 26.3 Å². The third kappa shape index (κ3) is 2.62. The van der Waals surface area contributed by atoms with Crippen molar-refractivity contribution in [1.29, 1.82) is 0 Å². The number of pyridine rings is 1. The zero-order valence-corrected chi connectivity index (χ0v) is 9.20. The first-order valence-corrected chi connectivity index (χ1v) is 4.87. The maximum absolute atomic E-state index is 5.59. The van der Waals surface area contributed by atoms with Gasteiger partial charge in [0.25, 0.3) is 5.88 Å². The molecule has 1 aromatic rings. The van der Waals surface area contributed by atoms with Gasteiger partial charge in [0.1, 0.15) is 0 Å². The second kappa shape index (κ2) is 4.84. The summed E-state index contributed by atoms with van der Waals surface area (Å²) in [7, 11) is 1.60. The first-order chi connectivity index (χ1) is 6.67. The van der Waals surface area contributed by atoms with Crippen LogP contribution in [0.4, 0.5) is 0 Å². The van der Waals surface area contributed by atoms with Crippen molar-refractivity contribution < 1.29 is 9.47 Å². The second-order valence-electron chi connectivity index (χ2n) is 3.37. The smallest absolute Gasteiger partial charge is 0.256 e. The molecule has 1 aromatic heterocycles. The summed E-state index contributed by atoms with van der Waals surface area (Å²) in [6, 6.07) is 1.98. The van der Waals surface area contributed by atoms with E-state index in [0.29, 0.717) is 5.88 Å². The number of aryl methyl sites for hydroxylation is 1. The highest BCUT2D eigenvalue weighted by atomic mass is 16.5. The predicted molar refractivity (Wildman–Crippen MR) is 55.9 cm³/mol. The summed E-state index contributed by atoms with van der Waals surface area (Å²) >= 11 is 0. The summed E-state index contributed by atoms with van der Waals surface area (Å²) in [5, 5.41) is 0. The summed E-state index contributed by atoms with van der Waals surface area (Å²) in [6.45, 7) is 6.05. The van der Waals surface area contributed by atoms with Gasteiger partial charge in [0, 0.05) is 6.20 Å². The van der Waals surface area contributed by atoms with Crippen LogP contribution >= 0.6 is 0 Å². The lowest BCUT2D eigenvalue weighted by atomic mass is 10.2. The number of hydrogen-bond donors (Lipinski definition) is 0. The molecule has 0 saturated carbocycles. The lowest BCUT2D eigenvalue weighted by Gasteiger charge is -2.13. The van der Waals surface area contributed by atoms with Gasteiger partial charge in [0.15, 0.2) is 5.75 Å². The van der Waals surface area contributed by atoms with Crippen LogP contribution in [-0.2, 0) is 6.42 Å². The van der Waals surface area contributed by atoms with E-state index in [1.807, 2.05) is 26.1 Å². The van der Waals surface area contributed by atoms with E-state index >= 15 is 0 Å². The largest absolute Gasteiger partial charge is 0.485 e. The van der Waals surface area contributed by atoms with E-state index in [4.69, 9.17) is 9.47 Å². The molecule has 0 fully saturated rings. The molecule has 0 bridgehead atoms. The van der Waals surface area contributed by atoms with Crippen molar-refractivity contribution in [1.82, 2.24) is 4.98 Å². The summed E-state index contributed by atoms with van der Waals surface area (Å²) < 4.78 is 10.7. The molecule has 1 heterocycles. The van der Waals surface area contributed by atoms with Gasteiger partial charge in [-0.3, -0.25) is 0 Å². The van der Waals surface area contributed by atoms with Crippen molar-refractivity contribution in [3.63, 3.8) is 0 Å². The SMILES string of the molecule is CCc1cnc(OC)c(OC(C)C)c1. The van der Waals surface area contributed by atoms with Crippen molar-refractivity contribution in [3.05, 3.63) is 17.8 Å². The van der Waals surface area contributed by atoms with E-state index in [9.17, 15) is 0 Å². The minimum atomic E-state index is 0.137. The standard InChI is InChI=1S/C11H17NO2/c1-5-9-6-10(14-8(2)3)11(13-4)12-7-9/h6-8H,5H2,1-4H3. The topological polar surface area (TPSA) is 31.4 Å². The summed E-state index contributed by atoms with van der Waals surface area (Å²) in [5.74, 6) is 1.28. The molecule has 0 aromatic carbocycles. The molecule has 1 rings (SSSR count). The first kappa shape index (κ1) is 10.8. The van der Waals surface area contributed by atoms with Gasteiger partial charge in [-0.25, -0.2) is 4.98 Å². The van der Waals surface area contributed by atoms with E-state index in [1.165, 1.54) is 0 Å². The Kier molecular flexibility index (Phi) is 3.74. The molecule has 78 valence electrons. The van der Waals surface area contributed by atoms with Gasteiger partial charge < -0.3 is 9.47 Å². The molecular formula is C11H17NO2. The van der Waals surface area contributed by atoms with Gasteiger partial charge in [-0.15, -0.1) is 0 Å². The zero-order chi connectivity index (χ0) is 10.6. The average Bonchev–Trinajstić information content (AvgIpc) is 2.16. The number of methoxy groups -OCH3 is 1. The molecule has 0 radical (unpaired) electrons. The highest BCUT2D eigenvalue weighted by molar-refractivity contribution is 5.36. The molecule has 3 nitrogen and oxygen atoms in total. The van der Waals surface area contributed by atoms with Crippen LogP contribution in [0.5, 0.6) is 11.6 Å². The molecule has 0 aliphatic rings. The van der Waals surface area contributed by atoms with Crippen molar-refractivity contribution in [2.75, 3.05) is 7.11 Å². The Bertz CT molecular complexity index is 297. The molecule has 0 aliphatic heterocycles. The van der Waals surface area contributed by atoms with Gasteiger partial charge in [-0.05, 0) is 31.9 Å². The Labute approximate surface area is 85.1 Å². The predicted octanol–water partition coefficient (Wildman–Crippen LogP) is 2.44. The minimum absolute atomic E-state index is 0.137. The summed E-state index contributed by atoms with van der Waals surface area (Å²) in [4.78, 5) is 4.17. The quantitative estimate of drug-likeness (QED) is 0.739. The Balaban J connectivity index is 2.96. The third-order valence-electron chi connectivity index (χ3n) is 1.84. The van der Waals surface area contributed by atoms with Crippen LogP contribution in [0, 0.1) is 0 Å². The lowest BCUT2D eigenvalue weighted by Crippen LogP contribution is -2.07. The molecule has 3 heteroatoms. The molecule has 0 spiro atoms. The molecule has 0 aliphatic carbocycles. The van der Waals surface area contributed by atoms with Gasteiger partial charge in [0.05, 0.1) is 13.2 Å². The van der Waals surface area contributed by atoms with E-state index in [-0.39, 0.29) is 6.10 Å². The zero-order valence-electron chi connectivity index (χ0n) is 9.20. The number of rotatable bonds is 4. The number of ether oxygens (including phenoxy) is 2. The number of nitrogens with zero attached hydrogens (tertiary/aromatic N) is 1. The number of aromatic nitrogens is 1. The second-order valence-corrected chi connectivity index (χ2v) is 3.37. The Morgan fingerprint density at radius 3 is 2.64 bits per heavy atom. The van der Waals surface area contributed by atoms with Crippen molar-refractivity contribution in [3.8, 4) is 11.6 Å². The lowest BCUT2D eigenvalue weighted by molar-refractivity contribution is 0.227. The average molecular weight is 195 g/mol. The van der Waals surface area contributed by atoms with Crippen LogP contribution < -0.4 is 9.47 Å². The molecule has 0 unspecified atom stereocenters. The van der Waals surface area contributed by atoms with Gasteiger partial charge in [-0.1, -0.05) is 6.92 Å². The van der Waals surface area contributed by atoms with Crippen LogP contribution in [0.3, 0.4) is 0 Å². The maximum Gasteiger partial charge on any atom is 0.256 e. The summed E-state index contributed by atoms with van der Waals surface area (Å²) in [5.41, 5.74) is 1.15. The Morgan fingerprint density at radius 2 is 2.14 bits per heavy atom. The minimum Gasteiger partial charge on any atom is -0.485 e. The van der Waals surface area contributed by atoms with Crippen molar-refractivity contribution in [2.24, 2.45) is 0 Å². The fraction of sp³-hybridized carbons (Fsp3) is 0.545. The Hall–Kier alpha value is -1.25. The van der Waals surface area contributed by atoms with Crippen LogP contribution in [-0.4, -0.2) is 18.2 Å². The molecule has 14 heavy (non-hydrogen) atoms. The molecule has 0 saturated heterocycles. The monoisotopic (exact) mass is 195 g/mol. The maximum atomic E-state index is 5.59. The Morgan fingerprint density at radius 1 is 1.43 bits per heavy atom. The molecule has 0 N–H and O–H groups in total. The van der Waals surface area contributed by atoms with Crippen LogP contribution in [0.25, 0.3) is 0 Å². The normalized spacial score (nSPS) is 10.4. The van der Waals surface area contributed by atoms with Crippen molar-refractivity contribution in [2.45, 2.75) is 33.3 Å². The van der Waals surface area contributed by atoms with Gasteiger partial charge in [-0.2, -0.15) is 0 Å². The molecule has 0 atom stereocenters. The van der Waals surface area contributed by atoms with Gasteiger partial charge in [0.2, 0.25) is 0 Å². The summed E-state index contributed by atoms with van der Waals surface area (Å²) in [6.07, 6.45) is 2.90. The molecular weight excluding hydrogens is 178 g/mol. The number of hydrogen-bond acceptors (Lipinski definition) is 3. The van der Waals surface area contributed by atoms with Crippen LogP contribution in [0.2, 0.25) is 0 Å². The third-order valence-corrected chi connectivity index (χ3v) is 1.84. The highest BCUT2D eigenvalue weighted by Crippen LogP contribution is 2.26. The molecule has 0 amide bonds. The highest BCUT2D eigenvalue weighted by Gasteiger charge is 2.08. The first-order valence-electron chi connectivity index (χ1n) is 4.87. The van der Waals surface area contributed by atoms with Gasteiger partial charge >= 0.3 is 0 Å². The van der Waals surface area contributed by atoms with E-state index in [0.717, 1.165) is 17.7 Å². The fourth-order valence-corrected chi connectivity index (χ4v) is 1.16. The van der Waals surface area contributed by atoms with Crippen LogP contribution in [0.15, 0.2) is 12.3 Å². The fourth-order valence-electron chi connectivity index (χ4n) is 1.16. The van der Waals surface area contributed by atoms with E-state index in [2.05, 4.69) is 11.9 Å².